The summed E-state index contributed by atoms with van der Waals surface area (Å²) in [6.45, 7) is 5.93. The maximum atomic E-state index is 13.1. The van der Waals surface area contributed by atoms with E-state index in [1.165, 1.54) is 0 Å². The van der Waals surface area contributed by atoms with E-state index in [1.54, 1.807) is 30.0 Å². The Morgan fingerprint density at radius 3 is 2.33 bits per heavy atom. The third kappa shape index (κ3) is 6.90. The Labute approximate surface area is 193 Å². The number of hydrogen-bond donors (Lipinski definition) is 1. The van der Waals surface area contributed by atoms with Crippen molar-refractivity contribution in [2.24, 2.45) is 0 Å². The smallest absolute Gasteiger partial charge is 0.242 e. The molecule has 2 rings (SSSR count). The molecule has 0 aromatic heterocycles. The van der Waals surface area contributed by atoms with Gasteiger partial charge in [0, 0.05) is 24.0 Å². The predicted molar refractivity (Wildman–Crippen MR) is 124 cm³/mol. The number of amides is 2. The Kier molecular flexibility index (Phi) is 9.47. The van der Waals surface area contributed by atoms with E-state index in [9.17, 15) is 9.59 Å². The number of hydrogen-bond acceptors (Lipinski definition) is 2. The van der Waals surface area contributed by atoms with Crippen molar-refractivity contribution in [2.45, 2.75) is 58.7 Å². The predicted octanol–water partition coefficient (Wildman–Crippen LogP) is 5.91. The molecule has 2 atom stereocenters. The standard InChI is InChI=1S/C23H27Cl3N2O2/c1-4-15(2)27-23(30)16(3)28(14-17-9-11-20(25)21(26)13-17)22(29)12-10-18-7-5-6-8-19(18)24/h5-9,11,13,15-16H,4,10,12,14H2,1-3H3,(H,27,30)/t15-,16+/m1/s1. The monoisotopic (exact) mass is 468 g/mol. The van der Waals surface area contributed by atoms with E-state index in [4.69, 9.17) is 34.8 Å². The summed E-state index contributed by atoms with van der Waals surface area (Å²) in [5.41, 5.74) is 1.71. The van der Waals surface area contributed by atoms with E-state index < -0.39 is 6.04 Å². The normalized spacial score (nSPS) is 12.9. The number of aryl methyl sites for hydroxylation is 1. The second-order valence-corrected chi connectivity index (χ2v) is 8.58. The summed E-state index contributed by atoms with van der Waals surface area (Å²) in [6.07, 6.45) is 1.55. The Hall–Kier alpha value is -1.75. The van der Waals surface area contributed by atoms with Gasteiger partial charge in [-0.1, -0.05) is 66.0 Å². The number of nitrogens with one attached hydrogen (secondary N) is 1. The number of nitrogens with zero attached hydrogens (tertiary/aromatic N) is 1. The molecule has 0 fully saturated rings. The molecule has 0 aliphatic carbocycles. The van der Waals surface area contributed by atoms with Gasteiger partial charge in [0.15, 0.2) is 0 Å². The van der Waals surface area contributed by atoms with Crippen LogP contribution in [0.5, 0.6) is 0 Å². The van der Waals surface area contributed by atoms with Crippen molar-refractivity contribution >= 4 is 46.6 Å². The van der Waals surface area contributed by atoms with Crippen molar-refractivity contribution < 1.29 is 9.59 Å². The lowest BCUT2D eigenvalue weighted by molar-refractivity contribution is -0.140. The molecule has 0 saturated heterocycles. The van der Waals surface area contributed by atoms with Crippen LogP contribution in [0.3, 0.4) is 0 Å². The second-order valence-electron chi connectivity index (χ2n) is 7.36. The van der Waals surface area contributed by atoms with Gasteiger partial charge in [0.25, 0.3) is 0 Å². The second kappa shape index (κ2) is 11.6. The molecule has 2 aromatic carbocycles. The van der Waals surface area contributed by atoms with Gasteiger partial charge in [-0.3, -0.25) is 9.59 Å². The van der Waals surface area contributed by atoms with E-state index >= 15 is 0 Å². The zero-order valence-electron chi connectivity index (χ0n) is 17.4. The lowest BCUT2D eigenvalue weighted by Crippen LogP contribution is -2.49. The first-order valence-corrected chi connectivity index (χ1v) is 11.1. The van der Waals surface area contributed by atoms with Gasteiger partial charge in [0.1, 0.15) is 6.04 Å². The summed E-state index contributed by atoms with van der Waals surface area (Å²) in [5.74, 6) is -0.316. The van der Waals surface area contributed by atoms with Crippen LogP contribution in [0, 0.1) is 0 Å². The van der Waals surface area contributed by atoms with Crippen molar-refractivity contribution in [3.63, 3.8) is 0 Å². The van der Waals surface area contributed by atoms with Gasteiger partial charge < -0.3 is 10.2 Å². The number of halogens is 3. The first-order chi connectivity index (χ1) is 14.2. The minimum atomic E-state index is -0.632. The molecule has 0 bridgehead atoms. The lowest BCUT2D eigenvalue weighted by Gasteiger charge is -2.30. The average Bonchev–Trinajstić information content (AvgIpc) is 2.73. The van der Waals surface area contributed by atoms with Crippen molar-refractivity contribution in [3.05, 3.63) is 68.7 Å². The number of carbonyl (C=O) groups excluding carboxylic acids is 2. The molecule has 2 amide bonds. The molecule has 0 spiro atoms. The zero-order chi connectivity index (χ0) is 22.3. The molecule has 7 heteroatoms. The van der Waals surface area contributed by atoms with E-state index in [2.05, 4.69) is 5.32 Å². The Morgan fingerprint density at radius 2 is 1.70 bits per heavy atom. The SMILES string of the molecule is CC[C@@H](C)NC(=O)[C@H](C)N(Cc1ccc(Cl)c(Cl)c1)C(=O)CCc1ccccc1Cl. The molecule has 0 aliphatic heterocycles. The van der Waals surface area contributed by atoms with Crippen LogP contribution in [-0.4, -0.2) is 28.8 Å². The molecular formula is C23H27Cl3N2O2. The van der Waals surface area contributed by atoms with Gasteiger partial charge in [-0.05, 0) is 56.0 Å². The first kappa shape index (κ1) is 24.5. The average molecular weight is 470 g/mol. The number of rotatable bonds is 9. The van der Waals surface area contributed by atoms with E-state index in [-0.39, 0.29) is 30.8 Å². The molecule has 0 aliphatic rings. The number of benzene rings is 2. The molecule has 30 heavy (non-hydrogen) atoms. The minimum Gasteiger partial charge on any atom is -0.352 e. The van der Waals surface area contributed by atoms with Gasteiger partial charge in [-0.25, -0.2) is 0 Å². The van der Waals surface area contributed by atoms with Crippen molar-refractivity contribution in [3.8, 4) is 0 Å². The summed E-state index contributed by atoms with van der Waals surface area (Å²) < 4.78 is 0. The molecule has 162 valence electrons. The summed E-state index contributed by atoms with van der Waals surface area (Å²) >= 11 is 18.4. The van der Waals surface area contributed by atoms with Gasteiger partial charge in [0.2, 0.25) is 11.8 Å². The third-order valence-electron chi connectivity index (χ3n) is 5.07. The van der Waals surface area contributed by atoms with Crippen molar-refractivity contribution in [1.82, 2.24) is 10.2 Å². The molecule has 4 nitrogen and oxygen atoms in total. The van der Waals surface area contributed by atoms with Gasteiger partial charge in [-0.15, -0.1) is 0 Å². The van der Waals surface area contributed by atoms with Gasteiger partial charge >= 0.3 is 0 Å². The molecule has 0 heterocycles. The highest BCUT2D eigenvalue weighted by Gasteiger charge is 2.26. The van der Waals surface area contributed by atoms with E-state index in [0.717, 1.165) is 17.5 Å². The van der Waals surface area contributed by atoms with Crippen LogP contribution in [0.2, 0.25) is 15.1 Å². The van der Waals surface area contributed by atoms with Crippen LogP contribution in [0.25, 0.3) is 0 Å². The zero-order valence-corrected chi connectivity index (χ0v) is 19.7. The van der Waals surface area contributed by atoms with Crippen LogP contribution in [0.15, 0.2) is 42.5 Å². The molecule has 0 unspecified atom stereocenters. The largest absolute Gasteiger partial charge is 0.352 e. The number of carbonyl (C=O) groups is 2. The van der Waals surface area contributed by atoms with E-state index in [1.807, 2.05) is 38.1 Å². The minimum absolute atomic E-state index is 0.0324. The van der Waals surface area contributed by atoms with Crippen LogP contribution in [-0.2, 0) is 22.6 Å². The van der Waals surface area contributed by atoms with Crippen molar-refractivity contribution in [2.75, 3.05) is 0 Å². The molecule has 0 saturated carbocycles. The molecule has 0 radical (unpaired) electrons. The summed E-state index contributed by atoms with van der Waals surface area (Å²) in [7, 11) is 0. The third-order valence-corrected chi connectivity index (χ3v) is 6.18. The molecular weight excluding hydrogens is 443 g/mol. The molecule has 1 N–H and O–H groups in total. The highest BCUT2D eigenvalue weighted by atomic mass is 35.5. The summed E-state index contributed by atoms with van der Waals surface area (Å²) in [5, 5.41) is 4.44. The fourth-order valence-corrected chi connectivity index (χ4v) is 3.52. The maximum absolute atomic E-state index is 13.1. The van der Waals surface area contributed by atoms with Crippen LogP contribution < -0.4 is 5.32 Å². The Balaban J connectivity index is 2.20. The van der Waals surface area contributed by atoms with Gasteiger partial charge in [-0.2, -0.15) is 0 Å². The van der Waals surface area contributed by atoms with Crippen molar-refractivity contribution in [1.29, 1.82) is 0 Å². The topological polar surface area (TPSA) is 49.4 Å². The quantitative estimate of drug-likeness (QED) is 0.496. The lowest BCUT2D eigenvalue weighted by atomic mass is 10.1. The summed E-state index contributed by atoms with van der Waals surface area (Å²) in [4.78, 5) is 27.4. The van der Waals surface area contributed by atoms with Crippen LogP contribution in [0.1, 0.15) is 44.7 Å². The van der Waals surface area contributed by atoms with Crippen LogP contribution >= 0.6 is 34.8 Å². The maximum Gasteiger partial charge on any atom is 0.242 e. The fraction of sp³-hybridized carbons (Fsp3) is 0.391. The Bertz CT molecular complexity index is 889. The molecule has 2 aromatic rings. The van der Waals surface area contributed by atoms with Crippen LogP contribution in [0.4, 0.5) is 0 Å². The van der Waals surface area contributed by atoms with E-state index in [0.29, 0.717) is 21.5 Å². The fourth-order valence-electron chi connectivity index (χ4n) is 2.97. The highest BCUT2D eigenvalue weighted by Crippen LogP contribution is 2.24. The summed E-state index contributed by atoms with van der Waals surface area (Å²) in [6, 6.07) is 12.1. The Morgan fingerprint density at radius 1 is 1.00 bits per heavy atom. The first-order valence-electron chi connectivity index (χ1n) is 10.00. The van der Waals surface area contributed by atoms with Gasteiger partial charge in [0.05, 0.1) is 10.0 Å². The highest BCUT2D eigenvalue weighted by molar-refractivity contribution is 6.42.